The van der Waals surface area contributed by atoms with Gasteiger partial charge < -0.3 is 8.96 Å². The van der Waals surface area contributed by atoms with Crippen LogP contribution in [-0.2, 0) is 0 Å². The van der Waals surface area contributed by atoms with Crippen molar-refractivity contribution in [2.45, 2.75) is 13.8 Å². The Morgan fingerprint density at radius 2 is 1.92 bits per heavy atom. The third-order valence-corrected chi connectivity index (χ3v) is 2.55. The minimum Gasteiger partial charge on any atom is -0.438 e. The second kappa shape index (κ2) is 4.68. The third kappa shape index (κ3) is 2.90. The van der Waals surface area contributed by atoms with E-state index in [4.69, 9.17) is 0 Å². The van der Waals surface area contributed by atoms with Crippen molar-refractivity contribution in [3.63, 3.8) is 0 Å². The summed E-state index contributed by atoms with van der Waals surface area (Å²) in [6.45, 7) is 3.44. The fourth-order valence-corrected chi connectivity index (χ4v) is 2.11. The van der Waals surface area contributed by atoms with Crippen molar-refractivity contribution < 1.29 is 67.3 Å². The molecule has 6 heteroatoms. The van der Waals surface area contributed by atoms with E-state index in [1.54, 1.807) is 13.8 Å². The van der Waals surface area contributed by atoms with E-state index >= 15 is 0 Å². The van der Waals surface area contributed by atoms with Gasteiger partial charge in [0.25, 0.3) is 0 Å². The topological polar surface area (TPSA) is 58.3 Å². The van der Waals surface area contributed by atoms with Gasteiger partial charge in [-0.1, -0.05) is 12.6 Å². The molecule has 12 heavy (non-hydrogen) atoms. The molecule has 0 unspecified atom stereocenters. The van der Waals surface area contributed by atoms with Crippen LogP contribution in [0.25, 0.3) is 0 Å². The van der Waals surface area contributed by atoms with Crippen LogP contribution in [0.15, 0.2) is 0 Å². The molecular weight excluding hydrogens is 250 g/mol. The Hall–Kier alpha value is 1.29. The van der Waals surface area contributed by atoms with Crippen LogP contribution in [-0.4, -0.2) is 24.3 Å². The SMILES string of the molecule is Cc1[c-]nc(C)n1S(C)(O)O.[Rb+]. The first kappa shape index (κ1) is 13.3. The summed E-state index contributed by atoms with van der Waals surface area (Å²) in [6.07, 6.45) is 4.02. The van der Waals surface area contributed by atoms with E-state index in [0.717, 1.165) is 0 Å². The average molecular weight is 261 g/mol. The molecular formula is C6H11N2O2RbS. The average Bonchev–Trinajstić information content (AvgIpc) is 2.08. The molecule has 1 aromatic rings. The predicted octanol–water partition coefficient (Wildman–Crippen LogP) is -1.55. The van der Waals surface area contributed by atoms with Gasteiger partial charge >= 0.3 is 58.2 Å². The minimum absolute atomic E-state index is 0. The molecule has 2 N–H and O–H groups in total. The monoisotopic (exact) mass is 260 g/mol. The number of aryl methyl sites for hydroxylation is 2. The van der Waals surface area contributed by atoms with E-state index in [9.17, 15) is 9.11 Å². The fourth-order valence-electron chi connectivity index (χ4n) is 1.01. The standard InChI is InChI=1S/C6H11N2O2S.Rb/c1-5-4-7-6(2)8(5)11(3,9)10;/h9-10H,1-3H3;/q-1;+1. The molecule has 1 aromatic heterocycles. The van der Waals surface area contributed by atoms with Crippen LogP contribution in [0.3, 0.4) is 0 Å². The van der Waals surface area contributed by atoms with Crippen LogP contribution in [0.1, 0.15) is 11.5 Å². The normalized spacial score (nSPS) is 12.4. The molecule has 0 radical (unpaired) electrons. The van der Waals surface area contributed by atoms with Crippen molar-refractivity contribution in [1.29, 1.82) is 0 Å². The Morgan fingerprint density at radius 1 is 1.42 bits per heavy atom. The Labute approximate surface area is 123 Å². The first-order valence-corrected chi connectivity index (χ1v) is 5.01. The molecule has 64 valence electrons. The summed E-state index contributed by atoms with van der Waals surface area (Å²) in [7, 11) is -2.70. The number of hydrogen-bond acceptors (Lipinski definition) is 3. The molecule has 0 amide bonds. The van der Waals surface area contributed by atoms with Gasteiger partial charge in [0.05, 0.1) is 0 Å². The van der Waals surface area contributed by atoms with E-state index in [1.165, 1.54) is 10.2 Å². The van der Waals surface area contributed by atoms with Crippen molar-refractivity contribution in [1.82, 2.24) is 8.96 Å². The minimum atomic E-state index is -2.70. The Morgan fingerprint density at radius 3 is 2.08 bits per heavy atom. The van der Waals surface area contributed by atoms with Gasteiger partial charge in [0.2, 0.25) is 0 Å². The number of rotatable bonds is 1. The van der Waals surface area contributed by atoms with Gasteiger partial charge in [-0.25, -0.2) is 0 Å². The molecule has 0 aliphatic heterocycles. The fraction of sp³-hybridized carbons (Fsp3) is 0.500. The zero-order chi connectivity index (χ0) is 8.65. The van der Waals surface area contributed by atoms with Crippen molar-refractivity contribution in [3.05, 3.63) is 17.7 Å². The summed E-state index contributed by atoms with van der Waals surface area (Å²) in [5.74, 6) is 0.574. The number of aromatic nitrogens is 2. The number of nitrogens with zero attached hydrogens (tertiary/aromatic N) is 2. The molecule has 0 spiro atoms. The molecule has 0 aromatic carbocycles. The number of imidazole rings is 1. The summed E-state index contributed by atoms with van der Waals surface area (Å²) in [5.41, 5.74) is 0.644. The van der Waals surface area contributed by atoms with Gasteiger partial charge in [-0.3, -0.25) is 9.11 Å². The summed E-state index contributed by atoms with van der Waals surface area (Å²) in [4.78, 5) is 3.82. The van der Waals surface area contributed by atoms with Crippen LogP contribution < -0.4 is 58.2 Å². The first-order valence-electron chi connectivity index (χ1n) is 3.10. The van der Waals surface area contributed by atoms with Gasteiger partial charge in [-0.2, -0.15) is 0 Å². The summed E-state index contributed by atoms with van der Waals surface area (Å²) >= 11 is 0. The molecule has 0 saturated carbocycles. The van der Waals surface area contributed by atoms with Gasteiger partial charge in [0.15, 0.2) is 0 Å². The molecule has 0 atom stereocenters. The van der Waals surface area contributed by atoms with Crippen molar-refractivity contribution in [3.8, 4) is 0 Å². The largest absolute Gasteiger partial charge is 1.00 e. The van der Waals surface area contributed by atoms with E-state index in [2.05, 4.69) is 11.2 Å². The maximum absolute atomic E-state index is 9.28. The van der Waals surface area contributed by atoms with Crippen molar-refractivity contribution in [2.75, 3.05) is 6.26 Å². The van der Waals surface area contributed by atoms with Gasteiger partial charge in [-0.15, -0.1) is 17.0 Å². The molecule has 0 fully saturated rings. The van der Waals surface area contributed by atoms with Crippen molar-refractivity contribution >= 4 is 10.8 Å². The molecule has 4 nitrogen and oxygen atoms in total. The maximum atomic E-state index is 9.28. The second-order valence-corrected chi connectivity index (χ2v) is 4.39. The van der Waals surface area contributed by atoms with Crippen LogP contribution in [0.4, 0.5) is 0 Å². The summed E-state index contributed by atoms with van der Waals surface area (Å²) in [5, 5.41) is 0. The molecule has 1 rings (SSSR count). The molecule has 0 saturated heterocycles. The Balaban J connectivity index is 0.00000121. The van der Waals surface area contributed by atoms with Gasteiger partial charge in [0, 0.05) is 6.26 Å². The van der Waals surface area contributed by atoms with E-state index in [0.29, 0.717) is 11.5 Å². The van der Waals surface area contributed by atoms with Crippen molar-refractivity contribution in [2.24, 2.45) is 0 Å². The zero-order valence-corrected chi connectivity index (χ0v) is 13.4. The first-order chi connectivity index (χ1) is 4.93. The Bertz CT molecular complexity index is 250. The number of hydrogen-bond donors (Lipinski definition) is 2. The molecule has 0 bridgehead atoms. The van der Waals surface area contributed by atoms with Crippen LogP contribution in [0, 0.1) is 20.0 Å². The molecule has 1 heterocycles. The van der Waals surface area contributed by atoms with E-state index in [-0.39, 0.29) is 58.2 Å². The van der Waals surface area contributed by atoms with Crippen LogP contribution in [0.2, 0.25) is 0 Å². The molecule has 0 aliphatic carbocycles. The second-order valence-electron chi connectivity index (χ2n) is 2.44. The van der Waals surface area contributed by atoms with Crippen LogP contribution in [0.5, 0.6) is 0 Å². The van der Waals surface area contributed by atoms with Gasteiger partial charge in [-0.05, 0) is 12.7 Å². The smallest absolute Gasteiger partial charge is 0.438 e. The summed E-state index contributed by atoms with van der Waals surface area (Å²) < 4.78 is 19.9. The van der Waals surface area contributed by atoms with Crippen LogP contribution >= 0.6 is 10.8 Å². The predicted molar refractivity (Wildman–Crippen MR) is 44.7 cm³/mol. The van der Waals surface area contributed by atoms with E-state index in [1.807, 2.05) is 0 Å². The summed E-state index contributed by atoms with van der Waals surface area (Å²) in [6, 6.07) is 0. The molecule has 0 aliphatic rings. The zero-order valence-electron chi connectivity index (χ0n) is 7.70. The van der Waals surface area contributed by atoms with Gasteiger partial charge in [0.1, 0.15) is 0 Å². The maximum Gasteiger partial charge on any atom is 1.00 e. The third-order valence-electron chi connectivity index (χ3n) is 1.32. The quantitative estimate of drug-likeness (QED) is 0.601. The van der Waals surface area contributed by atoms with E-state index < -0.39 is 10.8 Å². The Kier molecular flexibility index (Phi) is 5.18.